The summed E-state index contributed by atoms with van der Waals surface area (Å²) in [4.78, 5) is 3.62. The molecule has 2 nitrogen and oxygen atoms in total. The fraction of sp³-hybridized carbons (Fsp3) is 0.0833. The molecular formula is C24H20N2. The Morgan fingerprint density at radius 1 is 0.846 bits per heavy atom. The number of benzene rings is 3. The number of hydrogen-bond donors (Lipinski definition) is 2. The van der Waals surface area contributed by atoms with E-state index in [1.165, 1.54) is 33.3 Å². The number of allylic oxidation sites excluding steroid dienone is 1. The second-order valence-electron chi connectivity index (χ2n) is 6.76. The van der Waals surface area contributed by atoms with Gasteiger partial charge in [-0.2, -0.15) is 0 Å². The molecule has 26 heavy (non-hydrogen) atoms. The van der Waals surface area contributed by atoms with E-state index in [1.54, 1.807) is 0 Å². The Morgan fingerprint density at radius 2 is 1.69 bits per heavy atom. The summed E-state index contributed by atoms with van der Waals surface area (Å²) in [5.74, 6) is 0. The van der Waals surface area contributed by atoms with Crippen molar-refractivity contribution in [2.24, 2.45) is 0 Å². The molecule has 0 saturated heterocycles. The lowest BCUT2D eigenvalue weighted by molar-refractivity contribution is 0.951. The van der Waals surface area contributed by atoms with Crippen LogP contribution >= 0.6 is 0 Å². The highest BCUT2D eigenvalue weighted by atomic mass is 14.9. The van der Waals surface area contributed by atoms with Gasteiger partial charge in [0, 0.05) is 39.1 Å². The summed E-state index contributed by atoms with van der Waals surface area (Å²) in [6, 6.07) is 25.5. The summed E-state index contributed by atoms with van der Waals surface area (Å²) in [6.45, 7) is 0. The van der Waals surface area contributed by atoms with Crippen LogP contribution in [0.3, 0.4) is 0 Å². The van der Waals surface area contributed by atoms with Crippen LogP contribution in [0.2, 0.25) is 0 Å². The van der Waals surface area contributed by atoms with Gasteiger partial charge in [-0.1, -0.05) is 60.7 Å². The number of aromatic nitrogens is 1. The molecule has 0 spiro atoms. The van der Waals surface area contributed by atoms with Crippen molar-refractivity contribution < 1.29 is 0 Å². The van der Waals surface area contributed by atoms with Crippen LogP contribution in [0.5, 0.6) is 0 Å². The Labute approximate surface area is 153 Å². The number of anilines is 2. The summed E-state index contributed by atoms with van der Waals surface area (Å²) in [5, 5.41) is 4.86. The highest BCUT2D eigenvalue weighted by molar-refractivity contribution is 5.95. The van der Waals surface area contributed by atoms with Gasteiger partial charge in [-0.3, -0.25) is 0 Å². The Bertz CT molecular complexity index is 1100. The van der Waals surface area contributed by atoms with Gasteiger partial charge in [-0.05, 0) is 42.7 Å². The lowest BCUT2D eigenvalue weighted by Crippen LogP contribution is -1.92. The predicted octanol–water partition coefficient (Wildman–Crippen LogP) is 6.54. The first kappa shape index (κ1) is 15.0. The van der Waals surface area contributed by atoms with Gasteiger partial charge < -0.3 is 10.3 Å². The maximum absolute atomic E-state index is 3.62. The molecule has 1 aliphatic rings. The third kappa shape index (κ3) is 2.60. The molecule has 1 heterocycles. The highest BCUT2D eigenvalue weighted by Crippen LogP contribution is 2.34. The third-order valence-corrected chi connectivity index (χ3v) is 5.06. The Hall–Kier alpha value is -3.26. The summed E-state index contributed by atoms with van der Waals surface area (Å²) in [6.07, 6.45) is 6.74. The molecule has 0 radical (unpaired) electrons. The van der Waals surface area contributed by atoms with Crippen LogP contribution in [0.15, 0.2) is 78.9 Å². The van der Waals surface area contributed by atoms with E-state index in [0.29, 0.717) is 0 Å². The molecule has 0 bridgehead atoms. The zero-order valence-corrected chi connectivity index (χ0v) is 14.5. The van der Waals surface area contributed by atoms with Crippen molar-refractivity contribution in [2.75, 3.05) is 5.32 Å². The van der Waals surface area contributed by atoms with Crippen molar-refractivity contribution >= 4 is 28.4 Å². The number of nitrogens with one attached hydrogen (secondary N) is 2. The van der Waals surface area contributed by atoms with Crippen LogP contribution in [-0.2, 0) is 6.42 Å². The number of aromatic amines is 1. The van der Waals surface area contributed by atoms with Gasteiger partial charge in [0.25, 0.3) is 0 Å². The van der Waals surface area contributed by atoms with Gasteiger partial charge in [-0.15, -0.1) is 0 Å². The number of hydrogen-bond acceptors (Lipinski definition) is 1. The van der Waals surface area contributed by atoms with Crippen molar-refractivity contribution in [3.05, 3.63) is 90.1 Å². The van der Waals surface area contributed by atoms with Crippen molar-refractivity contribution in [3.8, 4) is 11.1 Å². The minimum absolute atomic E-state index is 1.10. The molecule has 126 valence electrons. The van der Waals surface area contributed by atoms with E-state index in [1.807, 2.05) is 18.2 Å². The maximum atomic E-state index is 3.62. The highest BCUT2D eigenvalue weighted by Gasteiger charge is 2.13. The van der Waals surface area contributed by atoms with Crippen LogP contribution in [-0.4, -0.2) is 4.98 Å². The first-order valence-electron chi connectivity index (χ1n) is 9.11. The van der Waals surface area contributed by atoms with E-state index < -0.39 is 0 Å². The van der Waals surface area contributed by atoms with Crippen molar-refractivity contribution in [2.45, 2.75) is 12.8 Å². The minimum Gasteiger partial charge on any atom is -0.358 e. The van der Waals surface area contributed by atoms with E-state index >= 15 is 0 Å². The fourth-order valence-corrected chi connectivity index (χ4v) is 3.78. The van der Waals surface area contributed by atoms with E-state index in [9.17, 15) is 0 Å². The second-order valence-corrected chi connectivity index (χ2v) is 6.76. The number of rotatable bonds is 3. The smallest absolute Gasteiger partial charge is 0.0468 e. The summed E-state index contributed by atoms with van der Waals surface area (Å²) < 4.78 is 0. The van der Waals surface area contributed by atoms with E-state index in [2.05, 4.69) is 77.1 Å². The zero-order chi connectivity index (χ0) is 17.3. The molecule has 0 saturated carbocycles. The predicted molar refractivity (Wildman–Crippen MR) is 111 cm³/mol. The molecule has 2 N–H and O–H groups in total. The summed E-state index contributed by atoms with van der Waals surface area (Å²) >= 11 is 0. The zero-order valence-electron chi connectivity index (χ0n) is 14.5. The SMILES string of the molecule is C1=Cc2c([nH]c3cc(-c4ccccc4Nc4ccccc4)ccc23)CC1. The Balaban J connectivity index is 1.59. The average Bonchev–Trinajstić information content (AvgIpc) is 3.07. The molecule has 2 heteroatoms. The van der Waals surface area contributed by atoms with Crippen LogP contribution in [0.4, 0.5) is 11.4 Å². The summed E-state index contributed by atoms with van der Waals surface area (Å²) in [5.41, 5.74) is 8.58. The van der Waals surface area contributed by atoms with Crippen LogP contribution in [0.25, 0.3) is 28.1 Å². The van der Waals surface area contributed by atoms with Gasteiger partial charge in [0.05, 0.1) is 0 Å². The largest absolute Gasteiger partial charge is 0.358 e. The van der Waals surface area contributed by atoms with Gasteiger partial charge in [0.2, 0.25) is 0 Å². The molecule has 5 rings (SSSR count). The van der Waals surface area contributed by atoms with E-state index in [0.717, 1.165) is 24.2 Å². The lowest BCUT2D eigenvalue weighted by Gasteiger charge is -2.12. The molecule has 0 fully saturated rings. The molecule has 4 aromatic rings. The monoisotopic (exact) mass is 336 g/mol. The molecule has 0 unspecified atom stereocenters. The molecule has 0 atom stereocenters. The number of para-hydroxylation sites is 2. The van der Waals surface area contributed by atoms with E-state index in [-0.39, 0.29) is 0 Å². The lowest BCUT2D eigenvalue weighted by atomic mass is 9.99. The standard InChI is InChI=1S/C24H20N2/c1-2-8-18(9-3-1)25-22-12-6-4-10-19(22)17-14-15-21-20-11-5-7-13-23(20)26-24(21)16-17/h1-6,8-12,14-16,25-26H,7,13H2. The van der Waals surface area contributed by atoms with Gasteiger partial charge in [0.1, 0.15) is 0 Å². The third-order valence-electron chi connectivity index (χ3n) is 5.06. The fourth-order valence-electron chi connectivity index (χ4n) is 3.78. The second kappa shape index (κ2) is 6.23. The number of aryl methyl sites for hydroxylation is 1. The Kier molecular flexibility index (Phi) is 3.60. The first-order valence-corrected chi connectivity index (χ1v) is 9.11. The van der Waals surface area contributed by atoms with Gasteiger partial charge in [0.15, 0.2) is 0 Å². The molecule has 1 aliphatic carbocycles. The summed E-state index contributed by atoms with van der Waals surface area (Å²) in [7, 11) is 0. The van der Waals surface area contributed by atoms with Crippen LogP contribution in [0, 0.1) is 0 Å². The first-order chi connectivity index (χ1) is 12.9. The van der Waals surface area contributed by atoms with Crippen LogP contribution < -0.4 is 5.32 Å². The average molecular weight is 336 g/mol. The molecule has 3 aromatic carbocycles. The molecular weight excluding hydrogens is 316 g/mol. The topological polar surface area (TPSA) is 27.8 Å². The molecule has 0 amide bonds. The molecule has 0 aliphatic heterocycles. The van der Waals surface area contributed by atoms with Crippen molar-refractivity contribution in [3.63, 3.8) is 0 Å². The quantitative estimate of drug-likeness (QED) is 0.437. The van der Waals surface area contributed by atoms with Crippen LogP contribution in [0.1, 0.15) is 17.7 Å². The Morgan fingerprint density at radius 3 is 2.62 bits per heavy atom. The van der Waals surface area contributed by atoms with Gasteiger partial charge in [-0.25, -0.2) is 0 Å². The number of fused-ring (bicyclic) bond motifs is 3. The van der Waals surface area contributed by atoms with Crippen molar-refractivity contribution in [1.29, 1.82) is 0 Å². The normalized spacial score (nSPS) is 12.9. The van der Waals surface area contributed by atoms with Gasteiger partial charge >= 0.3 is 0 Å². The minimum atomic E-state index is 1.10. The molecule has 1 aromatic heterocycles. The maximum Gasteiger partial charge on any atom is 0.0468 e. The van der Waals surface area contributed by atoms with E-state index in [4.69, 9.17) is 0 Å². The van der Waals surface area contributed by atoms with Crippen molar-refractivity contribution in [1.82, 2.24) is 4.98 Å². The number of H-pyrrole nitrogens is 1.